The van der Waals surface area contributed by atoms with E-state index in [0.29, 0.717) is 13.0 Å². The largest absolute Gasteiger partial charge is 0.468 e. The monoisotopic (exact) mass is 261 g/mol. The van der Waals surface area contributed by atoms with Crippen molar-refractivity contribution in [3.63, 3.8) is 0 Å². The van der Waals surface area contributed by atoms with Crippen LogP contribution < -0.4 is 0 Å². The van der Waals surface area contributed by atoms with Crippen LogP contribution in [0.25, 0.3) is 0 Å². The van der Waals surface area contributed by atoms with Crippen molar-refractivity contribution >= 4 is 11.8 Å². The Morgan fingerprint density at radius 2 is 2.05 bits per heavy atom. The summed E-state index contributed by atoms with van der Waals surface area (Å²) in [6.07, 6.45) is 0.758. The number of methoxy groups -OCH3 is 1. The van der Waals surface area contributed by atoms with E-state index >= 15 is 0 Å². The van der Waals surface area contributed by atoms with E-state index in [1.54, 1.807) is 0 Å². The number of ether oxygens (including phenoxy) is 1. The fraction of sp³-hybridized carbons (Fsp3) is 0.467. The Bertz CT molecular complexity index is 458. The van der Waals surface area contributed by atoms with Crippen LogP contribution in [0.1, 0.15) is 31.4 Å². The van der Waals surface area contributed by atoms with Gasteiger partial charge in [0.2, 0.25) is 0 Å². The van der Waals surface area contributed by atoms with Crippen LogP contribution in [-0.4, -0.2) is 36.3 Å². The molecule has 19 heavy (non-hydrogen) atoms. The van der Waals surface area contributed by atoms with Crippen molar-refractivity contribution in [2.45, 2.75) is 31.8 Å². The maximum atomic E-state index is 11.8. The molecular weight excluding hydrogens is 242 g/mol. The molecule has 1 aliphatic heterocycles. The lowest BCUT2D eigenvalue weighted by Crippen LogP contribution is -2.48. The molecule has 0 amide bonds. The summed E-state index contributed by atoms with van der Waals surface area (Å²) in [6, 6.07) is 9.64. The predicted octanol–water partition coefficient (Wildman–Crippen LogP) is 1.95. The predicted molar refractivity (Wildman–Crippen MR) is 71.6 cm³/mol. The van der Waals surface area contributed by atoms with Crippen LogP contribution in [0.2, 0.25) is 0 Å². The van der Waals surface area contributed by atoms with Crippen LogP contribution >= 0.6 is 0 Å². The first kappa shape index (κ1) is 13.7. The minimum Gasteiger partial charge on any atom is -0.468 e. The number of likely N-dealkylation sites (tertiary alicyclic amines) is 1. The van der Waals surface area contributed by atoms with Gasteiger partial charge in [0.25, 0.3) is 0 Å². The molecular formula is C15H19NO3. The normalized spacial score (nSPS) is 22.0. The number of nitrogens with zero attached hydrogens (tertiary/aromatic N) is 1. The van der Waals surface area contributed by atoms with Crippen molar-refractivity contribution in [3.8, 4) is 0 Å². The number of ketones is 1. The van der Waals surface area contributed by atoms with Gasteiger partial charge < -0.3 is 4.74 Å². The summed E-state index contributed by atoms with van der Waals surface area (Å²) in [5.74, 6) is -0.192. The number of rotatable bonds is 3. The number of piperidine rings is 1. The minimum absolute atomic E-state index is 0.0957. The summed E-state index contributed by atoms with van der Waals surface area (Å²) >= 11 is 0. The molecule has 2 unspecified atom stereocenters. The van der Waals surface area contributed by atoms with Gasteiger partial charge in [-0.25, -0.2) is 0 Å². The highest BCUT2D eigenvalue weighted by molar-refractivity contribution is 5.87. The molecule has 0 aromatic heterocycles. The molecule has 0 bridgehead atoms. The van der Waals surface area contributed by atoms with Gasteiger partial charge in [0.15, 0.2) is 0 Å². The van der Waals surface area contributed by atoms with E-state index in [-0.39, 0.29) is 24.2 Å². The zero-order chi connectivity index (χ0) is 13.8. The highest BCUT2D eigenvalue weighted by Crippen LogP contribution is 2.27. The van der Waals surface area contributed by atoms with Crippen molar-refractivity contribution in [2.24, 2.45) is 0 Å². The van der Waals surface area contributed by atoms with E-state index in [9.17, 15) is 9.59 Å². The molecule has 0 spiro atoms. The SMILES string of the molecule is COC(=O)C1CC(=O)CCN1C(C)c1ccccc1. The lowest BCUT2D eigenvalue weighted by atomic mass is 9.96. The molecule has 2 rings (SSSR count). The lowest BCUT2D eigenvalue weighted by molar-refractivity contribution is -0.152. The summed E-state index contributed by atoms with van der Waals surface area (Å²) in [7, 11) is 1.37. The Kier molecular flexibility index (Phi) is 4.32. The third-order valence-corrected chi connectivity index (χ3v) is 3.72. The highest BCUT2D eigenvalue weighted by Gasteiger charge is 2.36. The summed E-state index contributed by atoms with van der Waals surface area (Å²) in [5, 5.41) is 0. The van der Waals surface area contributed by atoms with Gasteiger partial charge in [-0.2, -0.15) is 0 Å². The van der Waals surface area contributed by atoms with Crippen LogP contribution in [0.4, 0.5) is 0 Å². The van der Waals surface area contributed by atoms with Gasteiger partial charge in [0.05, 0.1) is 7.11 Å². The maximum absolute atomic E-state index is 11.8. The van der Waals surface area contributed by atoms with Crippen molar-refractivity contribution in [3.05, 3.63) is 35.9 Å². The Morgan fingerprint density at radius 1 is 1.37 bits per heavy atom. The molecule has 1 aliphatic rings. The fourth-order valence-electron chi connectivity index (χ4n) is 2.59. The Balaban J connectivity index is 2.20. The zero-order valence-corrected chi connectivity index (χ0v) is 11.3. The van der Waals surface area contributed by atoms with E-state index in [1.165, 1.54) is 7.11 Å². The van der Waals surface area contributed by atoms with Crippen LogP contribution in [0.3, 0.4) is 0 Å². The smallest absolute Gasteiger partial charge is 0.323 e. The van der Waals surface area contributed by atoms with Gasteiger partial charge in [-0.05, 0) is 12.5 Å². The summed E-state index contributed by atoms with van der Waals surface area (Å²) in [5.41, 5.74) is 1.14. The van der Waals surface area contributed by atoms with Crippen molar-refractivity contribution in [1.82, 2.24) is 4.90 Å². The molecule has 0 aliphatic carbocycles. The van der Waals surface area contributed by atoms with Crippen LogP contribution in [-0.2, 0) is 14.3 Å². The molecule has 1 fully saturated rings. The van der Waals surface area contributed by atoms with E-state index in [2.05, 4.69) is 11.8 Å². The number of carbonyl (C=O) groups is 2. The third kappa shape index (κ3) is 3.01. The molecule has 1 aromatic rings. The average molecular weight is 261 g/mol. The number of Topliss-reactive ketones (excluding diaryl/α,β-unsaturated/α-hetero) is 1. The van der Waals surface area contributed by atoms with E-state index in [4.69, 9.17) is 4.74 Å². The fourth-order valence-corrected chi connectivity index (χ4v) is 2.59. The molecule has 102 valence electrons. The molecule has 4 heteroatoms. The van der Waals surface area contributed by atoms with Crippen LogP contribution in [0.15, 0.2) is 30.3 Å². The topological polar surface area (TPSA) is 46.6 Å². The number of hydrogen-bond acceptors (Lipinski definition) is 4. The first-order chi connectivity index (χ1) is 9.13. The zero-order valence-electron chi connectivity index (χ0n) is 11.3. The summed E-state index contributed by atoms with van der Waals surface area (Å²) in [4.78, 5) is 25.5. The van der Waals surface area contributed by atoms with Crippen LogP contribution in [0.5, 0.6) is 0 Å². The molecule has 0 N–H and O–H groups in total. The van der Waals surface area contributed by atoms with Gasteiger partial charge in [-0.3, -0.25) is 14.5 Å². The molecule has 0 radical (unpaired) electrons. The molecule has 0 saturated carbocycles. The first-order valence-electron chi connectivity index (χ1n) is 6.53. The van der Waals surface area contributed by atoms with E-state index in [1.807, 2.05) is 30.3 Å². The van der Waals surface area contributed by atoms with Crippen molar-refractivity contribution in [2.75, 3.05) is 13.7 Å². The number of hydrogen-bond donors (Lipinski definition) is 0. The molecule has 4 nitrogen and oxygen atoms in total. The minimum atomic E-state index is -0.457. The van der Waals surface area contributed by atoms with Gasteiger partial charge >= 0.3 is 5.97 Å². The van der Waals surface area contributed by atoms with Gasteiger partial charge in [0.1, 0.15) is 11.8 Å². The number of carbonyl (C=O) groups excluding carboxylic acids is 2. The average Bonchev–Trinajstić information content (AvgIpc) is 2.46. The standard InChI is InChI=1S/C15H19NO3/c1-11(12-6-4-3-5-7-12)16-9-8-13(17)10-14(16)15(18)19-2/h3-7,11,14H,8-10H2,1-2H3. The number of esters is 1. The molecule has 1 saturated heterocycles. The second-order valence-electron chi connectivity index (χ2n) is 4.86. The highest BCUT2D eigenvalue weighted by atomic mass is 16.5. The third-order valence-electron chi connectivity index (χ3n) is 3.72. The molecule has 1 heterocycles. The Morgan fingerprint density at radius 3 is 2.68 bits per heavy atom. The second kappa shape index (κ2) is 5.97. The van der Waals surface area contributed by atoms with Gasteiger partial charge in [-0.1, -0.05) is 30.3 Å². The van der Waals surface area contributed by atoms with Gasteiger partial charge in [-0.15, -0.1) is 0 Å². The van der Waals surface area contributed by atoms with Crippen molar-refractivity contribution < 1.29 is 14.3 Å². The number of benzene rings is 1. The van der Waals surface area contributed by atoms with E-state index in [0.717, 1.165) is 5.56 Å². The summed E-state index contributed by atoms with van der Waals surface area (Å²) < 4.78 is 4.82. The molecule has 1 aromatic carbocycles. The summed E-state index contributed by atoms with van der Waals surface area (Å²) in [6.45, 7) is 2.66. The van der Waals surface area contributed by atoms with Gasteiger partial charge in [0, 0.05) is 25.4 Å². The molecule has 2 atom stereocenters. The van der Waals surface area contributed by atoms with Crippen molar-refractivity contribution in [1.29, 1.82) is 0 Å². The second-order valence-corrected chi connectivity index (χ2v) is 4.86. The first-order valence-corrected chi connectivity index (χ1v) is 6.53. The quantitative estimate of drug-likeness (QED) is 0.780. The van der Waals surface area contributed by atoms with Crippen LogP contribution in [0, 0.1) is 0 Å². The Hall–Kier alpha value is -1.68. The maximum Gasteiger partial charge on any atom is 0.323 e. The Labute approximate surface area is 113 Å². The lowest BCUT2D eigenvalue weighted by Gasteiger charge is -2.37. The van der Waals surface area contributed by atoms with E-state index < -0.39 is 6.04 Å².